The topological polar surface area (TPSA) is 64.4 Å². The van der Waals surface area contributed by atoms with Crippen LogP contribution in [-0.2, 0) is 4.79 Å². The molecule has 0 aliphatic carbocycles. The number of anilines is 1. The van der Waals surface area contributed by atoms with E-state index in [0.717, 1.165) is 27.8 Å². The van der Waals surface area contributed by atoms with Crippen molar-refractivity contribution in [1.29, 1.82) is 0 Å². The predicted molar refractivity (Wildman–Crippen MR) is 114 cm³/mol. The maximum atomic E-state index is 12.3. The van der Waals surface area contributed by atoms with Crippen molar-refractivity contribution < 1.29 is 13.9 Å². The van der Waals surface area contributed by atoms with Crippen LogP contribution in [0, 0.1) is 20.8 Å². The number of rotatable bonds is 5. The maximum Gasteiger partial charge on any atom is 0.262 e. The predicted octanol–water partition coefficient (Wildman–Crippen LogP) is 5.44. The number of benzene rings is 3. The summed E-state index contributed by atoms with van der Waals surface area (Å²) in [6, 6.07) is 19.2. The standard InChI is InChI=1S/C24H22N2O3/c1-15-6-4-8-18(12-15)24-26-20-11-10-19(13-22(20)29-24)25-23(27)14-28-21-9-5-7-16(2)17(21)3/h4-13H,14H2,1-3H3,(H,25,27). The molecule has 4 rings (SSSR count). The fraction of sp³-hybridized carbons (Fsp3) is 0.167. The van der Waals surface area contributed by atoms with Crippen molar-refractivity contribution in [2.24, 2.45) is 0 Å². The Hall–Kier alpha value is -3.60. The van der Waals surface area contributed by atoms with Gasteiger partial charge in [0.25, 0.3) is 5.91 Å². The highest BCUT2D eigenvalue weighted by molar-refractivity contribution is 5.94. The third-order valence-corrected chi connectivity index (χ3v) is 4.85. The van der Waals surface area contributed by atoms with E-state index in [9.17, 15) is 4.79 Å². The number of hydrogen-bond donors (Lipinski definition) is 1. The lowest BCUT2D eigenvalue weighted by Gasteiger charge is -2.11. The molecule has 5 heteroatoms. The molecule has 0 aliphatic rings. The number of carbonyl (C=O) groups excluding carboxylic acids is 1. The van der Waals surface area contributed by atoms with Gasteiger partial charge in [0.05, 0.1) is 0 Å². The molecule has 1 amide bonds. The molecule has 0 bridgehead atoms. The van der Waals surface area contributed by atoms with Crippen molar-refractivity contribution in [1.82, 2.24) is 4.98 Å². The SMILES string of the molecule is Cc1cccc(-c2nc3ccc(NC(=O)COc4cccc(C)c4C)cc3o2)c1. The Morgan fingerprint density at radius 3 is 2.69 bits per heavy atom. The van der Waals surface area contributed by atoms with Crippen LogP contribution in [-0.4, -0.2) is 17.5 Å². The first-order valence-corrected chi connectivity index (χ1v) is 9.46. The van der Waals surface area contributed by atoms with E-state index in [0.29, 0.717) is 22.9 Å². The summed E-state index contributed by atoms with van der Waals surface area (Å²) in [7, 11) is 0. The van der Waals surface area contributed by atoms with Gasteiger partial charge in [0.1, 0.15) is 11.3 Å². The van der Waals surface area contributed by atoms with E-state index < -0.39 is 0 Å². The molecule has 3 aromatic carbocycles. The lowest BCUT2D eigenvalue weighted by Crippen LogP contribution is -2.20. The fourth-order valence-electron chi connectivity index (χ4n) is 3.12. The molecule has 1 N–H and O–H groups in total. The Balaban J connectivity index is 1.46. The molecule has 0 spiro atoms. The Morgan fingerprint density at radius 2 is 1.86 bits per heavy atom. The number of carbonyl (C=O) groups is 1. The van der Waals surface area contributed by atoms with Gasteiger partial charge in [-0.2, -0.15) is 0 Å². The van der Waals surface area contributed by atoms with Crippen molar-refractivity contribution in [3.8, 4) is 17.2 Å². The van der Waals surface area contributed by atoms with Gasteiger partial charge in [0, 0.05) is 17.3 Å². The van der Waals surface area contributed by atoms with Crippen LogP contribution in [0.4, 0.5) is 5.69 Å². The van der Waals surface area contributed by atoms with Crippen LogP contribution in [0.3, 0.4) is 0 Å². The molecule has 0 fully saturated rings. The number of oxazole rings is 1. The molecular formula is C24H22N2O3. The van der Waals surface area contributed by atoms with E-state index in [-0.39, 0.29) is 12.5 Å². The zero-order valence-electron chi connectivity index (χ0n) is 16.7. The Kier molecular flexibility index (Phi) is 5.04. The third-order valence-electron chi connectivity index (χ3n) is 4.85. The monoisotopic (exact) mass is 386 g/mol. The average molecular weight is 386 g/mol. The maximum absolute atomic E-state index is 12.3. The van der Waals surface area contributed by atoms with Crippen LogP contribution < -0.4 is 10.1 Å². The van der Waals surface area contributed by atoms with E-state index >= 15 is 0 Å². The first-order valence-electron chi connectivity index (χ1n) is 9.46. The third kappa shape index (κ3) is 4.14. The Bertz CT molecular complexity index is 1190. The van der Waals surface area contributed by atoms with Crippen LogP contribution in [0.2, 0.25) is 0 Å². The van der Waals surface area contributed by atoms with Crippen molar-refractivity contribution in [2.45, 2.75) is 20.8 Å². The minimum atomic E-state index is -0.233. The second-order valence-corrected chi connectivity index (χ2v) is 7.11. The van der Waals surface area contributed by atoms with Gasteiger partial charge in [-0.25, -0.2) is 4.98 Å². The van der Waals surface area contributed by atoms with Gasteiger partial charge >= 0.3 is 0 Å². The number of ether oxygens (including phenoxy) is 1. The summed E-state index contributed by atoms with van der Waals surface area (Å²) in [6.45, 7) is 5.96. The lowest BCUT2D eigenvalue weighted by atomic mass is 10.1. The van der Waals surface area contributed by atoms with Crippen LogP contribution in [0.25, 0.3) is 22.6 Å². The number of aryl methyl sites for hydroxylation is 2. The summed E-state index contributed by atoms with van der Waals surface area (Å²) in [5.74, 6) is 1.04. The zero-order chi connectivity index (χ0) is 20.4. The molecule has 4 aromatic rings. The normalized spacial score (nSPS) is 10.9. The first kappa shape index (κ1) is 18.7. The molecule has 1 heterocycles. The van der Waals surface area contributed by atoms with Crippen LogP contribution in [0.5, 0.6) is 5.75 Å². The molecule has 0 radical (unpaired) electrons. The molecule has 0 atom stereocenters. The van der Waals surface area contributed by atoms with E-state index in [1.807, 2.05) is 69.3 Å². The summed E-state index contributed by atoms with van der Waals surface area (Å²) in [6.07, 6.45) is 0. The van der Waals surface area contributed by atoms with Crippen molar-refractivity contribution in [3.05, 3.63) is 77.4 Å². The number of fused-ring (bicyclic) bond motifs is 1. The highest BCUT2D eigenvalue weighted by atomic mass is 16.5. The van der Waals surface area contributed by atoms with Gasteiger partial charge in [-0.3, -0.25) is 4.79 Å². The highest BCUT2D eigenvalue weighted by Crippen LogP contribution is 2.27. The van der Waals surface area contributed by atoms with Gasteiger partial charge < -0.3 is 14.5 Å². The first-order chi connectivity index (χ1) is 14.0. The van der Waals surface area contributed by atoms with Crippen molar-refractivity contribution in [2.75, 3.05) is 11.9 Å². The number of amides is 1. The number of nitrogens with zero attached hydrogens (tertiary/aromatic N) is 1. The molecule has 5 nitrogen and oxygen atoms in total. The van der Waals surface area contributed by atoms with E-state index in [1.54, 1.807) is 12.1 Å². The fourth-order valence-corrected chi connectivity index (χ4v) is 3.12. The van der Waals surface area contributed by atoms with Gasteiger partial charge in [-0.15, -0.1) is 0 Å². The quantitative estimate of drug-likeness (QED) is 0.496. The summed E-state index contributed by atoms with van der Waals surface area (Å²) >= 11 is 0. The second kappa shape index (κ2) is 7.80. The highest BCUT2D eigenvalue weighted by Gasteiger charge is 2.11. The van der Waals surface area contributed by atoms with Gasteiger partial charge in [-0.1, -0.05) is 29.8 Å². The van der Waals surface area contributed by atoms with Crippen molar-refractivity contribution in [3.63, 3.8) is 0 Å². The number of aromatic nitrogens is 1. The molecule has 0 aliphatic heterocycles. The minimum Gasteiger partial charge on any atom is -0.483 e. The largest absolute Gasteiger partial charge is 0.483 e. The molecule has 146 valence electrons. The lowest BCUT2D eigenvalue weighted by molar-refractivity contribution is -0.118. The van der Waals surface area contributed by atoms with E-state index in [1.165, 1.54) is 0 Å². The van der Waals surface area contributed by atoms with Gasteiger partial charge in [-0.05, 0) is 62.2 Å². The Labute approximate surface area is 169 Å². The average Bonchev–Trinajstić information content (AvgIpc) is 3.12. The summed E-state index contributed by atoms with van der Waals surface area (Å²) < 4.78 is 11.6. The summed E-state index contributed by atoms with van der Waals surface area (Å²) in [5.41, 5.74) is 6.23. The number of nitrogens with one attached hydrogen (secondary N) is 1. The summed E-state index contributed by atoms with van der Waals surface area (Å²) in [4.78, 5) is 16.8. The molecule has 1 aromatic heterocycles. The molecule has 0 saturated heterocycles. The number of hydrogen-bond acceptors (Lipinski definition) is 4. The summed E-state index contributed by atoms with van der Waals surface area (Å²) in [5, 5.41) is 2.84. The van der Waals surface area contributed by atoms with Crippen LogP contribution in [0.1, 0.15) is 16.7 Å². The molecule has 29 heavy (non-hydrogen) atoms. The Morgan fingerprint density at radius 1 is 1.03 bits per heavy atom. The van der Waals surface area contributed by atoms with Crippen LogP contribution >= 0.6 is 0 Å². The zero-order valence-corrected chi connectivity index (χ0v) is 16.7. The van der Waals surface area contributed by atoms with Gasteiger partial charge in [0.15, 0.2) is 12.2 Å². The molecule has 0 unspecified atom stereocenters. The minimum absolute atomic E-state index is 0.0622. The van der Waals surface area contributed by atoms with Gasteiger partial charge in [0.2, 0.25) is 5.89 Å². The van der Waals surface area contributed by atoms with Crippen LogP contribution in [0.15, 0.2) is 65.1 Å². The van der Waals surface area contributed by atoms with E-state index in [4.69, 9.17) is 9.15 Å². The van der Waals surface area contributed by atoms with E-state index in [2.05, 4.69) is 10.3 Å². The molecule has 0 saturated carbocycles. The smallest absolute Gasteiger partial charge is 0.262 e. The molecular weight excluding hydrogens is 364 g/mol. The van der Waals surface area contributed by atoms with Crippen molar-refractivity contribution >= 4 is 22.7 Å². The second-order valence-electron chi connectivity index (χ2n) is 7.11.